The van der Waals surface area contributed by atoms with Gasteiger partial charge >= 0.3 is 0 Å². The van der Waals surface area contributed by atoms with Crippen LogP contribution in [0, 0.1) is 13.8 Å². The largest absolute Gasteiger partial charge is 0.496 e. The van der Waals surface area contributed by atoms with Gasteiger partial charge in [0.15, 0.2) is 0 Å². The molecule has 0 heterocycles. The minimum atomic E-state index is 0.908. The molecular weight excluding hydrogens is 320 g/mol. The van der Waals surface area contributed by atoms with Crippen LogP contribution in [0.15, 0.2) is 45.8 Å². The van der Waals surface area contributed by atoms with Crippen LogP contribution in [-0.4, -0.2) is 7.11 Å². The van der Waals surface area contributed by atoms with Crippen molar-refractivity contribution in [3.8, 4) is 5.75 Å². The third kappa shape index (κ3) is 3.77. The smallest absolute Gasteiger partial charge is 0.122 e. The second kappa shape index (κ2) is 6.49. The zero-order valence-corrected chi connectivity index (χ0v) is 13.8. The Labute approximate surface area is 127 Å². The van der Waals surface area contributed by atoms with Crippen molar-refractivity contribution in [2.45, 2.75) is 24.5 Å². The Hall–Kier alpha value is -0.930. The molecular formula is C16H17BrOS. The van der Waals surface area contributed by atoms with Gasteiger partial charge in [0.05, 0.1) is 7.11 Å². The molecule has 0 radical (unpaired) electrons. The van der Waals surface area contributed by atoms with Crippen molar-refractivity contribution in [3.63, 3.8) is 0 Å². The van der Waals surface area contributed by atoms with Gasteiger partial charge in [-0.3, -0.25) is 0 Å². The summed E-state index contributed by atoms with van der Waals surface area (Å²) in [6, 6.07) is 12.7. The summed E-state index contributed by atoms with van der Waals surface area (Å²) in [5.41, 5.74) is 3.88. The third-order valence-electron chi connectivity index (χ3n) is 3.12. The van der Waals surface area contributed by atoms with E-state index < -0.39 is 0 Å². The summed E-state index contributed by atoms with van der Waals surface area (Å²) in [5, 5.41) is 0. The Bertz CT molecular complexity index is 581. The van der Waals surface area contributed by atoms with Gasteiger partial charge in [-0.05, 0) is 55.3 Å². The average molecular weight is 337 g/mol. The average Bonchev–Trinajstić information content (AvgIpc) is 2.40. The topological polar surface area (TPSA) is 9.23 Å². The number of rotatable bonds is 4. The van der Waals surface area contributed by atoms with Crippen molar-refractivity contribution < 1.29 is 4.74 Å². The lowest BCUT2D eigenvalue weighted by atomic mass is 10.1. The van der Waals surface area contributed by atoms with Gasteiger partial charge in [-0.1, -0.05) is 22.0 Å². The van der Waals surface area contributed by atoms with Gasteiger partial charge in [-0.25, -0.2) is 0 Å². The molecule has 2 aromatic carbocycles. The number of benzene rings is 2. The first-order valence-electron chi connectivity index (χ1n) is 6.12. The van der Waals surface area contributed by atoms with Gasteiger partial charge in [-0.2, -0.15) is 0 Å². The number of hydrogen-bond donors (Lipinski definition) is 0. The van der Waals surface area contributed by atoms with Crippen molar-refractivity contribution in [3.05, 3.63) is 57.6 Å². The van der Waals surface area contributed by atoms with Crippen LogP contribution in [-0.2, 0) is 5.75 Å². The van der Waals surface area contributed by atoms with E-state index in [1.54, 1.807) is 7.11 Å². The summed E-state index contributed by atoms with van der Waals surface area (Å²) in [7, 11) is 1.72. The van der Waals surface area contributed by atoms with Gasteiger partial charge in [0.1, 0.15) is 5.75 Å². The molecule has 0 aliphatic heterocycles. The number of thioether (sulfide) groups is 1. The van der Waals surface area contributed by atoms with E-state index in [1.165, 1.54) is 21.6 Å². The molecule has 0 spiro atoms. The molecule has 0 aromatic heterocycles. The molecule has 0 saturated heterocycles. The Balaban J connectivity index is 2.13. The molecule has 0 fully saturated rings. The van der Waals surface area contributed by atoms with Crippen LogP contribution in [0.5, 0.6) is 5.75 Å². The molecule has 0 atom stereocenters. The Morgan fingerprint density at radius 3 is 2.53 bits per heavy atom. The maximum Gasteiger partial charge on any atom is 0.122 e. The minimum absolute atomic E-state index is 0.908. The summed E-state index contributed by atoms with van der Waals surface area (Å²) in [6.07, 6.45) is 0. The quantitative estimate of drug-likeness (QED) is 0.694. The second-order valence-corrected chi connectivity index (χ2v) is 6.46. The summed E-state index contributed by atoms with van der Waals surface area (Å²) >= 11 is 5.34. The summed E-state index contributed by atoms with van der Waals surface area (Å²) < 4.78 is 6.48. The fourth-order valence-electron chi connectivity index (χ4n) is 1.82. The number of halogens is 1. The van der Waals surface area contributed by atoms with Crippen LogP contribution in [0.3, 0.4) is 0 Å². The van der Waals surface area contributed by atoms with Crippen LogP contribution in [0.2, 0.25) is 0 Å². The highest BCUT2D eigenvalue weighted by Crippen LogP contribution is 2.30. The molecule has 100 valence electrons. The fourth-order valence-corrected chi connectivity index (χ4v) is 3.21. The van der Waals surface area contributed by atoms with Crippen molar-refractivity contribution in [1.82, 2.24) is 0 Å². The zero-order chi connectivity index (χ0) is 13.8. The highest BCUT2D eigenvalue weighted by atomic mass is 79.9. The van der Waals surface area contributed by atoms with Crippen LogP contribution in [0.1, 0.15) is 16.7 Å². The van der Waals surface area contributed by atoms with E-state index in [4.69, 9.17) is 4.74 Å². The highest BCUT2D eigenvalue weighted by Gasteiger charge is 2.05. The predicted molar refractivity (Wildman–Crippen MR) is 86.2 cm³/mol. The number of methoxy groups -OCH3 is 1. The number of hydrogen-bond acceptors (Lipinski definition) is 2. The predicted octanol–water partition coefficient (Wildman–Crippen LogP) is 5.37. The molecule has 0 aliphatic rings. The monoisotopic (exact) mass is 336 g/mol. The van der Waals surface area contributed by atoms with E-state index in [9.17, 15) is 0 Å². The molecule has 0 aliphatic carbocycles. The molecule has 19 heavy (non-hydrogen) atoms. The lowest BCUT2D eigenvalue weighted by Crippen LogP contribution is -1.90. The molecule has 0 saturated carbocycles. The summed E-state index contributed by atoms with van der Waals surface area (Å²) in [6.45, 7) is 4.29. The van der Waals surface area contributed by atoms with E-state index in [0.29, 0.717) is 0 Å². The Morgan fingerprint density at radius 1 is 1.05 bits per heavy atom. The van der Waals surface area contributed by atoms with Crippen molar-refractivity contribution in [2.24, 2.45) is 0 Å². The first kappa shape index (κ1) is 14.5. The maximum atomic E-state index is 5.40. The normalized spacial score (nSPS) is 10.5. The van der Waals surface area contributed by atoms with E-state index >= 15 is 0 Å². The first-order valence-corrected chi connectivity index (χ1v) is 7.90. The first-order chi connectivity index (χ1) is 9.10. The SMILES string of the molecule is COc1ccc(Br)cc1CSc1ccc(C)c(C)c1. The molecule has 0 amide bonds. The molecule has 2 rings (SSSR count). The van der Waals surface area contributed by atoms with Gasteiger partial charge in [0.25, 0.3) is 0 Å². The molecule has 0 N–H and O–H groups in total. The van der Waals surface area contributed by atoms with E-state index in [2.05, 4.69) is 54.0 Å². The number of ether oxygens (including phenoxy) is 1. The minimum Gasteiger partial charge on any atom is -0.496 e. The third-order valence-corrected chi connectivity index (χ3v) is 4.65. The van der Waals surface area contributed by atoms with E-state index in [-0.39, 0.29) is 0 Å². The van der Waals surface area contributed by atoms with Crippen LogP contribution >= 0.6 is 27.7 Å². The van der Waals surface area contributed by atoms with E-state index in [1.807, 2.05) is 23.9 Å². The Kier molecular flexibility index (Phi) is 4.94. The van der Waals surface area contributed by atoms with Crippen LogP contribution in [0.25, 0.3) is 0 Å². The van der Waals surface area contributed by atoms with Crippen molar-refractivity contribution in [2.75, 3.05) is 7.11 Å². The Morgan fingerprint density at radius 2 is 1.84 bits per heavy atom. The molecule has 0 unspecified atom stereocenters. The molecule has 3 heteroatoms. The van der Waals surface area contributed by atoms with Crippen LogP contribution in [0.4, 0.5) is 0 Å². The number of aryl methyl sites for hydroxylation is 2. The lowest BCUT2D eigenvalue weighted by Gasteiger charge is -2.09. The molecule has 0 bridgehead atoms. The fraction of sp³-hybridized carbons (Fsp3) is 0.250. The van der Waals surface area contributed by atoms with Gasteiger partial charge in [-0.15, -0.1) is 11.8 Å². The summed E-state index contributed by atoms with van der Waals surface area (Å²) in [4.78, 5) is 1.30. The standard InChI is InChI=1S/C16H17BrOS/c1-11-4-6-15(8-12(11)2)19-10-13-9-14(17)5-7-16(13)18-3/h4-9H,10H2,1-3H3. The zero-order valence-electron chi connectivity index (χ0n) is 11.4. The summed E-state index contributed by atoms with van der Waals surface area (Å²) in [5.74, 6) is 1.85. The van der Waals surface area contributed by atoms with Gasteiger partial charge in [0, 0.05) is 20.7 Å². The van der Waals surface area contributed by atoms with Gasteiger partial charge < -0.3 is 4.74 Å². The van der Waals surface area contributed by atoms with Crippen molar-refractivity contribution in [1.29, 1.82) is 0 Å². The van der Waals surface area contributed by atoms with Crippen molar-refractivity contribution >= 4 is 27.7 Å². The molecule has 1 nitrogen and oxygen atoms in total. The molecule has 2 aromatic rings. The second-order valence-electron chi connectivity index (χ2n) is 4.49. The maximum absolute atomic E-state index is 5.40. The lowest BCUT2D eigenvalue weighted by molar-refractivity contribution is 0.411. The highest BCUT2D eigenvalue weighted by molar-refractivity contribution is 9.10. The van der Waals surface area contributed by atoms with Crippen LogP contribution < -0.4 is 4.74 Å². The van der Waals surface area contributed by atoms with E-state index in [0.717, 1.165) is 16.0 Å². The van der Waals surface area contributed by atoms with Gasteiger partial charge in [0.2, 0.25) is 0 Å².